The second-order valence-electron chi connectivity index (χ2n) is 5.97. The van der Waals surface area contributed by atoms with Gasteiger partial charge in [-0.3, -0.25) is 9.59 Å². The van der Waals surface area contributed by atoms with Crippen LogP contribution < -0.4 is 9.80 Å². The molecule has 0 bridgehead atoms. The second-order valence-corrected chi connectivity index (χ2v) is 5.97. The summed E-state index contributed by atoms with van der Waals surface area (Å²) in [6.45, 7) is 7.58. The number of fused-ring (bicyclic) bond motifs is 1. The quantitative estimate of drug-likeness (QED) is 0.812. The van der Waals surface area contributed by atoms with Gasteiger partial charge in [0.25, 0.3) is 5.91 Å². The first-order valence-electron chi connectivity index (χ1n) is 7.68. The summed E-state index contributed by atoms with van der Waals surface area (Å²) >= 11 is 0. The number of amides is 2. The zero-order valence-corrected chi connectivity index (χ0v) is 13.8. The molecule has 3 rings (SSSR count). The number of hydrogen-bond donors (Lipinski definition) is 0. The molecule has 1 aromatic heterocycles. The fourth-order valence-corrected chi connectivity index (χ4v) is 3.24. The van der Waals surface area contributed by atoms with Crippen LogP contribution in [0.15, 0.2) is 34.7 Å². The van der Waals surface area contributed by atoms with Gasteiger partial charge in [0.15, 0.2) is 0 Å². The van der Waals surface area contributed by atoms with Gasteiger partial charge in [-0.2, -0.15) is 0 Å². The third-order valence-corrected chi connectivity index (χ3v) is 4.18. The van der Waals surface area contributed by atoms with Gasteiger partial charge in [-0.1, -0.05) is 12.1 Å². The number of aryl methyl sites for hydroxylation is 2. The van der Waals surface area contributed by atoms with E-state index in [1.165, 1.54) is 0 Å². The molecule has 1 aliphatic heterocycles. The summed E-state index contributed by atoms with van der Waals surface area (Å²) in [5.74, 6) is 1.22. The second kappa shape index (κ2) is 5.57. The van der Waals surface area contributed by atoms with E-state index in [2.05, 4.69) is 0 Å². The number of carbonyl (C=O) groups excluding carboxylic acids is 2. The fraction of sp³-hybridized carbons (Fsp3) is 0.333. The Balaban J connectivity index is 2.07. The molecule has 1 unspecified atom stereocenters. The number of rotatable bonds is 1. The van der Waals surface area contributed by atoms with E-state index in [0.29, 0.717) is 17.9 Å². The molecule has 0 saturated heterocycles. The molecule has 0 radical (unpaired) electrons. The van der Waals surface area contributed by atoms with Crippen molar-refractivity contribution in [1.82, 2.24) is 0 Å². The first-order valence-corrected chi connectivity index (χ1v) is 7.68. The molecule has 0 aliphatic carbocycles. The van der Waals surface area contributed by atoms with Crippen LogP contribution in [-0.2, 0) is 4.79 Å². The molecule has 2 heterocycles. The molecule has 0 saturated carbocycles. The van der Waals surface area contributed by atoms with Gasteiger partial charge in [-0.25, -0.2) is 0 Å². The van der Waals surface area contributed by atoms with Gasteiger partial charge >= 0.3 is 0 Å². The van der Waals surface area contributed by atoms with Crippen LogP contribution in [0.5, 0.6) is 0 Å². The Bertz CT molecular complexity index is 778. The maximum Gasteiger partial charge on any atom is 0.261 e. The van der Waals surface area contributed by atoms with E-state index in [9.17, 15) is 9.59 Å². The van der Waals surface area contributed by atoms with Crippen molar-refractivity contribution in [3.63, 3.8) is 0 Å². The molecular weight excluding hydrogens is 292 g/mol. The minimum absolute atomic E-state index is 0.0209. The summed E-state index contributed by atoms with van der Waals surface area (Å²) < 4.78 is 5.49. The lowest BCUT2D eigenvalue weighted by Gasteiger charge is -2.40. The van der Waals surface area contributed by atoms with Gasteiger partial charge in [-0.05, 0) is 39.0 Å². The van der Waals surface area contributed by atoms with Crippen molar-refractivity contribution in [2.75, 3.05) is 16.3 Å². The Hall–Kier alpha value is -2.56. The molecular formula is C18H20N2O3. The summed E-state index contributed by atoms with van der Waals surface area (Å²) in [5, 5.41) is 0. The maximum atomic E-state index is 13.0. The van der Waals surface area contributed by atoms with E-state index in [4.69, 9.17) is 4.42 Å². The van der Waals surface area contributed by atoms with Crippen LogP contribution in [0.25, 0.3) is 0 Å². The standard InChI is InChI=1S/C18H20N2O3/c1-11-10-19(18(22)15-9-12(2)23-13(15)3)16-7-5-6-8-17(16)20(11)14(4)21/h5-9,11H,10H2,1-4H3. The van der Waals surface area contributed by atoms with Crippen molar-refractivity contribution < 1.29 is 14.0 Å². The molecule has 1 aromatic carbocycles. The minimum atomic E-state index is -0.0955. The summed E-state index contributed by atoms with van der Waals surface area (Å²) in [6.07, 6.45) is 0. The number of para-hydroxylation sites is 2. The van der Waals surface area contributed by atoms with Crippen molar-refractivity contribution in [3.05, 3.63) is 47.4 Å². The van der Waals surface area contributed by atoms with Crippen LogP contribution >= 0.6 is 0 Å². The Morgan fingerprint density at radius 1 is 1.17 bits per heavy atom. The maximum absolute atomic E-state index is 13.0. The molecule has 2 amide bonds. The molecule has 1 atom stereocenters. The van der Waals surface area contributed by atoms with Gasteiger partial charge in [0.2, 0.25) is 5.91 Å². The summed E-state index contributed by atoms with van der Waals surface area (Å²) in [4.78, 5) is 28.4. The van der Waals surface area contributed by atoms with E-state index < -0.39 is 0 Å². The van der Waals surface area contributed by atoms with E-state index >= 15 is 0 Å². The number of nitrogens with zero attached hydrogens (tertiary/aromatic N) is 2. The summed E-state index contributed by atoms with van der Waals surface area (Å²) in [6, 6.07) is 9.18. The predicted molar refractivity (Wildman–Crippen MR) is 88.9 cm³/mol. The smallest absolute Gasteiger partial charge is 0.261 e. The predicted octanol–water partition coefficient (Wildman–Crippen LogP) is 3.30. The average Bonchev–Trinajstić information content (AvgIpc) is 2.83. The number of benzene rings is 1. The van der Waals surface area contributed by atoms with Gasteiger partial charge in [0.05, 0.1) is 23.0 Å². The van der Waals surface area contributed by atoms with E-state index in [1.54, 1.807) is 29.7 Å². The lowest BCUT2D eigenvalue weighted by molar-refractivity contribution is -0.117. The van der Waals surface area contributed by atoms with E-state index in [-0.39, 0.29) is 17.9 Å². The highest BCUT2D eigenvalue weighted by molar-refractivity contribution is 6.11. The van der Waals surface area contributed by atoms with Crippen molar-refractivity contribution >= 4 is 23.2 Å². The van der Waals surface area contributed by atoms with Crippen LogP contribution in [0.3, 0.4) is 0 Å². The SMILES string of the molecule is CC(=O)N1c2ccccc2N(C(=O)c2cc(C)oc2C)CC1C. The fourth-order valence-electron chi connectivity index (χ4n) is 3.24. The molecule has 0 N–H and O–H groups in total. The lowest BCUT2D eigenvalue weighted by atomic mass is 10.1. The van der Waals surface area contributed by atoms with Crippen LogP contribution in [0.4, 0.5) is 11.4 Å². The van der Waals surface area contributed by atoms with E-state index in [0.717, 1.165) is 17.1 Å². The highest BCUT2D eigenvalue weighted by Gasteiger charge is 2.34. The van der Waals surface area contributed by atoms with Gasteiger partial charge in [-0.15, -0.1) is 0 Å². The summed E-state index contributed by atoms with van der Waals surface area (Å²) in [5.41, 5.74) is 2.09. The number of furan rings is 1. The zero-order chi connectivity index (χ0) is 16.7. The normalized spacial score (nSPS) is 17.1. The highest BCUT2D eigenvalue weighted by atomic mass is 16.3. The number of anilines is 2. The third kappa shape index (κ3) is 2.52. The number of carbonyl (C=O) groups is 2. The van der Waals surface area contributed by atoms with Crippen molar-refractivity contribution in [3.8, 4) is 0 Å². The number of hydrogen-bond acceptors (Lipinski definition) is 3. The Morgan fingerprint density at radius 3 is 2.39 bits per heavy atom. The monoisotopic (exact) mass is 312 g/mol. The lowest BCUT2D eigenvalue weighted by Crippen LogP contribution is -2.51. The summed E-state index contributed by atoms with van der Waals surface area (Å²) in [7, 11) is 0. The van der Waals surface area contributed by atoms with Gasteiger partial charge in [0.1, 0.15) is 11.5 Å². The molecule has 0 spiro atoms. The van der Waals surface area contributed by atoms with Crippen LogP contribution in [0.1, 0.15) is 35.7 Å². The van der Waals surface area contributed by atoms with Crippen molar-refractivity contribution in [2.24, 2.45) is 0 Å². The van der Waals surface area contributed by atoms with Gasteiger partial charge in [0, 0.05) is 13.5 Å². The first-order chi connectivity index (χ1) is 10.9. The third-order valence-electron chi connectivity index (χ3n) is 4.18. The molecule has 0 fully saturated rings. The highest BCUT2D eigenvalue weighted by Crippen LogP contribution is 2.36. The van der Waals surface area contributed by atoms with Crippen LogP contribution in [-0.4, -0.2) is 24.4 Å². The van der Waals surface area contributed by atoms with E-state index in [1.807, 2.05) is 38.1 Å². The van der Waals surface area contributed by atoms with Gasteiger partial charge < -0.3 is 14.2 Å². The molecule has 1 aliphatic rings. The molecule has 5 heteroatoms. The Kier molecular flexibility index (Phi) is 3.72. The van der Waals surface area contributed by atoms with Crippen LogP contribution in [0, 0.1) is 13.8 Å². The first kappa shape index (κ1) is 15.3. The Labute approximate surface area is 135 Å². The molecule has 2 aromatic rings. The topological polar surface area (TPSA) is 53.8 Å². The molecule has 120 valence electrons. The zero-order valence-electron chi connectivity index (χ0n) is 13.8. The molecule has 23 heavy (non-hydrogen) atoms. The molecule has 5 nitrogen and oxygen atoms in total. The van der Waals surface area contributed by atoms with Crippen molar-refractivity contribution in [1.29, 1.82) is 0 Å². The minimum Gasteiger partial charge on any atom is -0.466 e. The average molecular weight is 312 g/mol. The van der Waals surface area contributed by atoms with Crippen LogP contribution in [0.2, 0.25) is 0 Å². The van der Waals surface area contributed by atoms with Crippen molar-refractivity contribution in [2.45, 2.75) is 33.7 Å². The Morgan fingerprint density at radius 2 is 1.83 bits per heavy atom. The largest absolute Gasteiger partial charge is 0.466 e.